The summed E-state index contributed by atoms with van der Waals surface area (Å²) in [5.41, 5.74) is 0.672. The van der Waals surface area contributed by atoms with Gasteiger partial charge in [0.05, 0.1) is 11.6 Å². The van der Waals surface area contributed by atoms with Gasteiger partial charge in [0.1, 0.15) is 6.17 Å². The smallest absolute Gasteiger partial charge is 0.291 e. The zero-order valence-corrected chi connectivity index (χ0v) is 14.5. The Morgan fingerprint density at radius 2 is 1.65 bits per heavy atom. The molecular weight excluding hydrogens is 365 g/mol. The van der Waals surface area contributed by atoms with E-state index in [1.807, 2.05) is 0 Å². The Labute approximate surface area is 154 Å². The van der Waals surface area contributed by atoms with Crippen LogP contribution in [-0.2, 0) is 11.0 Å². The molecular formula is C19H16ClF3N2O. The lowest BCUT2D eigenvalue weighted by Crippen LogP contribution is -2.32. The molecule has 0 bridgehead atoms. The van der Waals surface area contributed by atoms with Gasteiger partial charge in [0.2, 0.25) is 5.91 Å². The number of rotatable bonds is 2. The number of fused-ring (bicyclic) bond motifs is 1. The number of anilines is 1. The van der Waals surface area contributed by atoms with Crippen molar-refractivity contribution < 1.29 is 18.0 Å². The van der Waals surface area contributed by atoms with Crippen molar-refractivity contribution >= 4 is 23.2 Å². The highest BCUT2D eigenvalue weighted by Crippen LogP contribution is 2.43. The fourth-order valence-corrected chi connectivity index (χ4v) is 3.96. The third kappa shape index (κ3) is 2.87. The summed E-state index contributed by atoms with van der Waals surface area (Å²) in [6, 6.07) is 11.8. The van der Waals surface area contributed by atoms with E-state index < -0.39 is 17.9 Å². The highest BCUT2D eigenvalue weighted by atomic mass is 35.5. The molecule has 2 saturated heterocycles. The normalized spacial score (nSPS) is 23.5. The molecule has 0 spiro atoms. The van der Waals surface area contributed by atoms with Crippen LogP contribution in [0.5, 0.6) is 0 Å². The summed E-state index contributed by atoms with van der Waals surface area (Å²) in [5.74, 6) is -0.0188. The molecule has 2 aliphatic heterocycles. The van der Waals surface area contributed by atoms with Crippen LogP contribution in [0, 0.1) is 0 Å². The minimum absolute atomic E-state index is 0.0188. The Balaban J connectivity index is 1.75. The first-order valence-electron chi connectivity index (χ1n) is 8.38. The molecule has 2 aliphatic rings. The topological polar surface area (TPSA) is 23.6 Å². The van der Waals surface area contributed by atoms with Crippen LogP contribution in [0.4, 0.5) is 18.9 Å². The lowest BCUT2D eigenvalue weighted by molar-refractivity contribution is -0.137. The fraction of sp³-hybridized carbons (Fsp3) is 0.316. The van der Waals surface area contributed by atoms with Gasteiger partial charge in [0.15, 0.2) is 0 Å². The zero-order chi connectivity index (χ0) is 18.5. The van der Waals surface area contributed by atoms with Crippen molar-refractivity contribution in [2.75, 3.05) is 11.4 Å². The van der Waals surface area contributed by atoms with Crippen molar-refractivity contribution in [3.63, 3.8) is 0 Å². The first-order chi connectivity index (χ1) is 12.4. The predicted molar refractivity (Wildman–Crippen MR) is 92.9 cm³/mol. The van der Waals surface area contributed by atoms with Gasteiger partial charge < -0.3 is 0 Å². The first-order valence-corrected chi connectivity index (χ1v) is 8.75. The Bertz CT molecular complexity index is 820. The van der Waals surface area contributed by atoms with Crippen molar-refractivity contribution in [2.24, 2.45) is 0 Å². The Morgan fingerprint density at radius 1 is 1.00 bits per heavy atom. The van der Waals surface area contributed by atoms with Crippen molar-refractivity contribution in [2.45, 2.75) is 31.2 Å². The average molecular weight is 381 g/mol. The Kier molecular flexibility index (Phi) is 4.20. The van der Waals surface area contributed by atoms with E-state index in [9.17, 15) is 18.0 Å². The number of carbonyl (C=O) groups excluding carboxylic acids is 1. The summed E-state index contributed by atoms with van der Waals surface area (Å²) in [6.07, 6.45) is -3.11. The van der Waals surface area contributed by atoms with Crippen LogP contribution in [0.15, 0.2) is 48.5 Å². The van der Waals surface area contributed by atoms with E-state index in [1.165, 1.54) is 12.1 Å². The quantitative estimate of drug-likeness (QED) is 0.742. The summed E-state index contributed by atoms with van der Waals surface area (Å²) in [6.45, 7) is 0.742. The van der Waals surface area contributed by atoms with Gasteiger partial charge in [-0.1, -0.05) is 23.7 Å². The summed E-state index contributed by atoms with van der Waals surface area (Å²) in [5, 5.41) is 0.562. The van der Waals surface area contributed by atoms with E-state index in [0.29, 0.717) is 16.3 Å². The molecule has 2 aromatic rings. The number of halogens is 4. The number of alkyl halides is 3. The highest BCUT2D eigenvalue weighted by molar-refractivity contribution is 6.30. The van der Waals surface area contributed by atoms with Crippen molar-refractivity contribution in [3.05, 3.63) is 64.7 Å². The van der Waals surface area contributed by atoms with E-state index in [0.717, 1.165) is 31.5 Å². The average Bonchev–Trinajstić information content (AvgIpc) is 3.17. The van der Waals surface area contributed by atoms with Crippen molar-refractivity contribution in [3.8, 4) is 0 Å². The van der Waals surface area contributed by atoms with Gasteiger partial charge in [-0.05, 0) is 54.8 Å². The van der Waals surface area contributed by atoms with Crippen LogP contribution in [0.25, 0.3) is 0 Å². The van der Waals surface area contributed by atoms with E-state index in [4.69, 9.17) is 11.6 Å². The maximum atomic E-state index is 13.0. The lowest BCUT2D eigenvalue weighted by atomic mass is 10.1. The third-order valence-corrected chi connectivity index (χ3v) is 5.27. The number of benzene rings is 2. The molecule has 0 aromatic heterocycles. The number of nitrogens with zero attached hydrogens (tertiary/aromatic N) is 2. The molecule has 0 aliphatic carbocycles. The molecule has 2 unspecified atom stereocenters. The molecule has 26 heavy (non-hydrogen) atoms. The molecule has 0 radical (unpaired) electrons. The standard InChI is InChI=1S/C19H16ClF3N2O/c20-14-7-9-15(10-8-14)25-17(24-11-1-2-16(24)18(25)26)12-3-5-13(6-4-12)19(21,22)23/h3-10,16-17H,1-2,11H2. The largest absolute Gasteiger partial charge is 0.416 e. The molecule has 3 nitrogen and oxygen atoms in total. The first kappa shape index (κ1) is 17.4. The minimum atomic E-state index is -4.38. The summed E-state index contributed by atoms with van der Waals surface area (Å²) < 4.78 is 38.6. The van der Waals surface area contributed by atoms with Crippen LogP contribution < -0.4 is 4.90 Å². The van der Waals surface area contributed by atoms with Gasteiger partial charge >= 0.3 is 6.18 Å². The van der Waals surface area contributed by atoms with E-state index in [2.05, 4.69) is 4.90 Å². The molecule has 1 amide bonds. The van der Waals surface area contributed by atoms with Gasteiger partial charge in [0, 0.05) is 17.3 Å². The van der Waals surface area contributed by atoms with Crippen LogP contribution in [-0.4, -0.2) is 23.4 Å². The predicted octanol–water partition coefficient (Wildman–Crippen LogP) is 4.87. The Hall–Kier alpha value is -2.05. The molecule has 2 aromatic carbocycles. The van der Waals surface area contributed by atoms with Crippen molar-refractivity contribution in [1.29, 1.82) is 0 Å². The van der Waals surface area contributed by atoms with Crippen LogP contribution in [0.3, 0.4) is 0 Å². The molecule has 7 heteroatoms. The molecule has 0 N–H and O–H groups in total. The van der Waals surface area contributed by atoms with Gasteiger partial charge in [0.25, 0.3) is 0 Å². The van der Waals surface area contributed by atoms with E-state index in [1.54, 1.807) is 29.2 Å². The zero-order valence-electron chi connectivity index (χ0n) is 13.7. The summed E-state index contributed by atoms with van der Waals surface area (Å²) in [7, 11) is 0. The summed E-state index contributed by atoms with van der Waals surface area (Å²) >= 11 is 5.94. The van der Waals surface area contributed by atoms with Crippen LogP contribution >= 0.6 is 11.6 Å². The van der Waals surface area contributed by atoms with Gasteiger partial charge in [-0.25, -0.2) is 0 Å². The van der Waals surface area contributed by atoms with Gasteiger partial charge in [-0.3, -0.25) is 14.6 Å². The summed E-state index contributed by atoms with van der Waals surface area (Å²) in [4.78, 5) is 16.7. The maximum absolute atomic E-state index is 13.0. The second kappa shape index (κ2) is 6.28. The van der Waals surface area contributed by atoms with E-state index in [-0.39, 0.29) is 11.9 Å². The minimum Gasteiger partial charge on any atom is -0.291 e. The SMILES string of the molecule is O=C1C2CCCN2C(c2ccc(C(F)(F)F)cc2)N1c1ccc(Cl)cc1. The molecule has 136 valence electrons. The van der Waals surface area contributed by atoms with Gasteiger partial charge in [-0.2, -0.15) is 13.2 Å². The molecule has 2 fully saturated rings. The second-order valence-electron chi connectivity index (χ2n) is 6.57. The van der Waals surface area contributed by atoms with Crippen LogP contribution in [0.2, 0.25) is 5.02 Å². The van der Waals surface area contributed by atoms with Crippen LogP contribution in [0.1, 0.15) is 30.1 Å². The molecule has 4 rings (SSSR count). The number of amides is 1. The highest BCUT2D eigenvalue weighted by Gasteiger charge is 2.49. The number of hydrogen-bond donors (Lipinski definition) is 0. The lowest BCUT2D eigenvalue weighted by Gasteiger charge is -2.30. The fourth-order valence-electron chi connectivity index (χ4n) is 3.83. The van der Waals surface area contributed by atoms with Gasteiger partial charge in [-0.15, -0.1) is 0 Å². The molecule has 2 atom stereocenters. The Morgan fingerprint density at radius 3 is 2.27 bits per heavy atom. The molecule has 0 saturated carbocycles. The number of carbonyl (C=O) groups is 1. The number of hydrogen-bond acceptors (Lipinski definition) is 2. The third-order valence-electron chi connectivity index (χ3n) is 5.02. The molecule has 2 heterocycles. The maximum Gasteiger partial charge on any atom is 0.416 e. The second-order valence-corrected chi connectivity index (χ2v) is 7.01. The monoisotopic (exact) mass is 380 g/mol. The van der Waals surface area contributed by atoms with Crippen molar-refractivity contribution in [1.82, 2.24) is 4.90 Å². The van der Waals surface area contributed by atoms with E-state index >= 15 is 0 Å².